The van der Waals surface area contributed by atoms with Gasteiger partial charge in [0.05, 0.1) is 0 Å². The van der Waals surface area contributed by atoms with E-state index in [1.165, 1.54) is 6.16 Å². The summed E-state index contributed by atoms with van der Waals surface area (Å²) < 4.78 is 0. The molecule has 0 aliphatic carbocycles. The first-order valence-electron chi connectivity index (χ1n) is 2.71. The molecule has 0 aromatic carbocycles. The van der Waals surface area contributed by atoms with Gasteiger partial charge in [0, 0.05) is 0 Å². The van der Waals surface area contributed by atoms with Crippen molar-refractivity contribution in [2.45, 2.75) is 20.8 Å². The molecule has 0 amide bonds. The molecule has 0 rings (SSSR count). The second-order valence-corrected chi connectivity index (χ2v) is 4.15. The van der Waals surface area contributed by atoms with Gasteiger partial charge in [0.15, 0.2) is 0 Å². The first-order chi connectivity index (χ1) is 3.06. The van der Waals surface area contributed by atoms with Gasteiger partial charge in [0.2, 0.25) is 0 Å². The topological polar surface area (TPSA) is 0 Å². The molecule has 1 atom stereocenters. The molecule has 1 heteroatoms. The Hall–Kier alpha value is 0.430. The quantitative estimate of drug-likeness (QED) is 0.463. The van der Waals surface area contributed by atoms with E-state index in [4.69, 9.17) is 0 Å². The summed E-state index contributed by atoms with van der Waals surface area (Å²) >= 11 is 0. The Labute approximate surface area is 48.5 Å². The van der Waals surface area contributed by atoms with Gasteiger partial charge in [0.1, 0.15) is 0 Å². The van der Waals surface area contributed by atoms with Crippen molar-refractivity contribution in [2.75, 3.05) is 12.8 Å². The van der Waals surface area contributed by atoms with Gasteiger partial charge in [-0.15, -0.1) is 8.58 Å². The van der Waals surface area contributed by atoms with Crippen LogP contribution in [0.5, 0.6) is 0 Å². The molecule has 0 radical (unpaired) electrons. The lowest BCUT2D eigenvalue weighted by Crippen LogP contribution is -2.06. The van der Waals surface area contributed by atoms with E-state index in [-0.39, 0.29) is 0 Å². The van der Waals surface area contributed by atoms with Crippen molar-refractivity contribution in [1.82, 2.24) is 0 Å². The van der Waals surface area contributed by atoms with Crippen molar-refractivity contribution in [3.05, 3.63) is 0 Å². The lowest BCUT2D eigenvalue weighted by molar-refractivity contribution is 0.479. The maximum Gasteiger partial charge on any atom is -0.0307 e. The van der Waals surface area contributed by atoms with Crippen LogP contribution in [-0.4, -0.2) is 12.8 Å². The van der Waals surface area contributed by atoms with Gasteiger partial charge in [-0.05, 0) is 18.2 Å². The molecule has 0 spiro atoms. The minimum Gasteiger partial charge on any atom is -0.125 e. The molecular weight excluding hydrogens is 103 g/mol. The second kappa shape index (κ2) is 2.67. The van der Waals surface area contributed by atoms with E-state index < -0.39 is 0 Å². The fourth-order valence-electron chi connectivity index (χ4n) is 0.530. The lowest BCUT2D eigenvalue weighted by atomic mass is 10.0. The highest BCUT2D eigenvalue weighted by atomic mass is 31.1. The third kappa shape index (κ3) is 6.43. The summed E-state index contributed by atoms with van der Waals surface area (Å²) in [5.74, 6) is 0. The standard InChI is InChI=1S/C6H15P/c1-6(2,3)5-7-4/h7H,5H2,1-4H3. The van der Waals surface area contributed by atoms with Crippen LogP contribution in [0.4, 0.5) is 0 Å². The Morgan fingerprint density at radius 2 is 1.71 bits per heavy atom. The van der Waals surface area contributed by atoms with Crippen molar-refractivity contribution in [3.63, 3.8) is 0 Å². The summed E-state index contributed by atoms with van der Waals surface area (Å²) in [6, 6.07) is 0. The highest BCUT2D eigenvalue weighted by Crippen LogP contribution is 2.21. The summed E-state index contributed by atoms with van der Waals surface area (Å²) in [5, 5.41) is 0. The summed E-state index contributed by atoms with van der Waals surface area (Å²) in [5.41, 5.74) is 0.563. The Morgan fingerprint density at radius 3 is 1.71 bits per heavy atom. The molecule has 0 aliphatic rings. The summed E-state index contributed by atoms with van der Waals surface area (Å²) in [4.78, 5) is 0. The number of rotatable bonds is 1. The average Bonchev–Trinajstić information content (AvgIpc) is 1.30. The average molecular weight is 118 g/mol. The third-order valence-electron chi connectivity index (χ3n) is 0.707. The predicted molar refractivity (Wildman–Crippen MR) is 38.6 cm³/mol. The van der Waals surface area contributed by atoms with Gasteiger partial charge in [-0.3, -0.25) is 0 Å². The largest absolute Gasteiger partial charge is 0.125 e. The Morgan fingerprint density at radius 1 is 1.29 bits per heavy atom. The maximum atomic E-state index is 2.28. The molecule has 1 unspecified atom stereocenters. The molecule has 0 bridgehead atoms. The van der Waals surface area contributed by atoms with E-state index in [1.54, 1.807) is 0 Å². The van der Waals surface area contributed by atoms with Crippen molar-refractivity contribution >= 4 is 8.58 Å². The van der Waals surface area contributed by atoms with Gasteiger partial charge < -0.3 is 0 Å². The van der Waals surface area contributed by atoms with Gasteiger partial charge in [0.25, 0.3) is 0 Å². The highest BCUT2D eigenvalue weighted by molar-refractivity contribution is 7.37. The number of hydrogen-bond acceptors (Lipinski definition) is 0. The van der Waals surface area contributed by atoms with E-state index in [0.717, 1.165) is 8.58 Å². The molecule has 0 aromatic heterocycles. The lowest BCUT2D eigenvalue weighted by Gasteiger charge is -2.15. The molecule has 7 heavy (non-hydrogen) atoms. The maximum absolute atomic E-state index is 2.28. The van der Waals surface area contributed by atoms with Crippen LogP contribution < -0.4 is 0 Å². The van der Waals surface area contributed by atoms with E-state index in [0.29, 0.717) is 5.41 Å². The Balaban J connectivity index is 3.15. The third-order valence-corrected chi connectivity index (χ3v) is 2.12. The summed E-state index contributed by atoms with van der Waals surface area (Å²) in [6.07, 6.45) is 1.37. The van der Waals surface area contributed by atoms with Crippen molar-refractivity contribution in [3.8, 4) is 0 Å². The predicted octanol–water partition coefficient (Wildman–Crippen LogP) is 2.34. The zero-order valence-electron chi connectivity index (χ0n) is 5.71. The fourth-order valence-corrected chi connectivity index (χ4v) is 1.59. The van der Waals surface area contributed by atoms with Crippen molar-refractivity contribution in [2.24, 2.45) is 5.41 Å². The highest BCUT2D eigenvalue weighted by Gasteiger charge is 2.06. The van der Waals surface area contributed by atoms with Crippen molar-refractivity contribution in [1.29, 1.82) is 0 Å². The normalized spacial score (nSPS) is 13.7. The minimum atomic E-state index is 0.563. The Bertz CT molecular complexity index is 42.6. The first-order valence-corrected chi connectivity index (χ1v) is 4.41. The van der Waals surface area contributed by atoms with Gasteiger partial charge in [-0.1, -0.05) is 20.8 Å². The van der Waals surface area contributed by atoms with Crippen LogP contribution in [0.15, 0.2) is 0 Å². The molecule has 0 saturated heterocycles. The molecule has 0 saturated carbocycles. The molecule has 0 aromatic rings. The summed E-state index contributed by atoms with van der Waals surface area (Å²) in [6.45, 7) is 9.10. The van der Waals surface area contributed by atoms with Crippen LogP contribution >= 0.6 is 8.58 Å². The van der Waals surface area contributed by atoms with Crippen LogP contribution in [0.3, 0.4) is 0 Å². The molecule has 44 valence electrons. The minimum absolute atomic E-state index is 0.563. The number of hydrogen-bond donors (Lipinski definition) is 0. The van der Waals surface area contributed by atoms with Crippen LogP contribution in [0.2, 0.25) is 0 Å². The molecule has 0 aliphatic heterocycles. The Kier molecular flexibility index (Phi) is 2.83. The second-order valence-electron chi connectivity index (χ2n) is 3.09. The zero-order chi connectivity index (χ0) is 5.91. The summed E-state index contributed by atoms with van der Waals surface area (Å²) in [7, 11) is 1.11. The van der Waals surface area contributed by atoms with Crippen LogP contribution in [0.1, 0.15) is 20.8 Å². The molecular formula is C6H15P. The van der Waals surface area contributed by atoms with E-state index in [2.05, 4.69) is 27.4 Å². The van der Waals surface area contributed by atoms with E-state index in [1.807, 2.05) is 0 Å². The van der Waals surface area contributed by atoms with Crippen LogP contribution in [0, 0.1) is 5.41 Å². The SMILES string of the molecule is CPCC(C)(C)C. The van der Waals surface area contributed by atoms with E-state index >= 15 is 0 Å². The molecule has 0 nitrogen and oxygen atoms in total. The van der Waals surface area contributed by atoms with Crippen LogP contribution in [-0.2, 0) is 0 Å². The first kappa shape index (κ1) is 7.43. The van der Waals surface area contributed by atoms with Gasteiger partial charge in [-0.25, -0.2) is 0 Å². The van der Waals surface area contributed by atoms with Crippen LogP contribution in [0.25, 0.3) is 0 Å². The molecule has 0 N–H and O–H groups in total. The molecule has 0 heterocycles. The zero-order valence-corrected chi connectivity index (χ0v) is 6.71. The fraction of sp³-hybridized carbons (Fsp3) is 1.00. The van der Waals surface area contributed by atoms with E-state index in [9.17, 15) is 0 Å². The monoisotopic (exact) mass is 118 g/mol. The van der Waals surface area contributed by atoms with Gasteiger partial charge in [-0.2, -0.15) is 0 Å². The smallest absolute Gasteiger partial charge is 0.0307 e. The van der Waals surface area contributed by atoms with Gasteiger partial charge >= 0.3 is 0 Å². The molecule has 0 fully saturated rings. The van der Waals surface area contributed by atoms with Crippen molar-refractivity contribution < 1.29 is 0 Å².